The van der Waals surface area contributed by atoms with Gasteiger partial charge in [-0.25, -0.2) is 32.4 Å². The molecule has 4 rings (SSSR count). The molecule has 1 aliphatic heterocycles. The second kappa shape index (κ2) is 7.85. The van der Waals surface area contributed by atoms with Crippen LogP contribution in [0.3, 0.4) is 0 Å². The molecule has 1 saturated heterocycles. The van der Waals surface area contributed by atoms with Crippen LogP contribution >= 0.6 is 0 Å². The second-order valence-corrected chi connectivity index (χ2v) is 8.54. The quantitative estimate of drug-likeness (QED) is 0.551. The van der Waals surface area contributed by atoms with Crippen molar-refractivity contribution in [3.63, 3.8) is 0 Å². The van der Waals surface area contributed by atoms with Crippen molar-refractivity contribution in [1.82, 2.24) is 29.0 Å². The van der Waals surface area contributed by atoms with E-state index in [-0.39, 0.29) is 26.2 Å². The van der Waals surface area contributed by atoms with Crippen molar-refractivity contribution >= 4 is 15.8 Å². The molecule has 0 bridgehead atoms. The third-order valence-corrected chi connectivity index (χ3v) is 6.63. The lowest BCUT2D eigenvalue weighted by Gasteiger charge is -2.34. The summed E-state index contributed by atoms with van der Waals surface area (Å²) in [5.74, 6) is -0.509. The normalized spacial score (nSPS) is 15.9. The maximum Gasteiger partial charge on any atom is 0.419 e. The zero-order chi connectivity index (χ0) is 22.2. The van der Waals surface area contributed by atoms with Gasteiger partial charge in [-0.3, -0.25) is 0 Å². The van der Waals surface area contributed by atoms with Crippen LogP contribution in [0, 0.1) is 5.82 Å². The third kappa shape index (κ3) is 4.20. The van der Waals surface area contributed by atoms with E-state index in [1.54, 1.807) is 6.07 Å². The predicted molar refractivity (Wildman–Crippen MR) is 99.3 cm³/mol. The fraction of sp³-hybridized carbons (Fsp3) is 0.294. The molecule has 14 heteroatoms. The number of nitrogens with zero attached hydrogens (tertiary/aromatic N) is 7. The van der Waals surface area contributed by atoms with E-state index in [0.29, 0.717) is 23.8 Å². The van der Waals surface area contributed by atoms with Gasteiger partial charge in [-0.2, -0.15) is 22.6 Å². The molecule has 3 aromatic rings. The maximum absolute atomic E-state index is 13.5. The summed E-state index contributed by atoms with van der Waals surface area (Å²) < 4.78 is 80.5. The number of halogens is 4. The number of sulfonamides is 1. The first-order chi connectivity index (χ1) is 14.7. The summed E-state index contributed by atoms with van der Waals surface area (Å²) in [6.07, 6.45) is -0.838. The third-order valence-electron chi connectivity index (χ3n) is 4.74. The van der Waals surface area contributed by atoms with Gasteiger partial charge in [0.05, 0.1) is 10.5 Å². The Balaban J connectivity index is 1.51. The molecule has 0 saturated carbocycles. The molecule has 0 unspecified atom stereocenters. The number of anilines is 1. The number of hydrogen-bond acceptors (Lipinski definition) is 7. The number of alkyl halides is 3. The minimum Gasteiger partial charge on any atom is -0.354 e. The van der Waals surface area contributed by atoms with E-state index in [2.05, 4.69) is 20.1 Å². The van der Waals surface area contributed by atoms with Gasteiger partial charge in [0.1, 0.15) is 30.6 Å². The molecular formula is C17H15F4N7O2S. The van der Waals surface area contributed by atoms with Gasteiger partial charge < -0.3 is 4.90 Å². The van der Waals surface area contributed by atoms with Gasteiger partial charge >= 0.3 is 6.18 Å². The van der Waals surface area contributed by atoms with Gasteiger partial charge in [-0.15, -0.1) is 0 Å². The summed E-state index contributed by atoms with van der Waals surface area (Å²) in [7, 11) is -4.23. The van der Waals surface area contributed by atoms with Crippen molar-refractivity contribution < 1.29 is 26.0 Å². The zero-order valence-corrected chi connectivity index (χ0v) is 16.6. The molecule has 0 aliphatic carbocycles. The van der Waals surface area contributed by atoms with E-state index in [0.717, 1.165) is 10.4 Å². The van der Waals surface area contributed by atoms with Crippen LogP contribution in [0.15, 0.2) is 48.1 Å². The largest absolute Gasteiger partial charge is 0.419 e. The Morgan fingerprint density at radius 3 is 2.29 bits per heavy atom. The van der Waals surface area contributed by atoms with Crippen LogP contribution in [0.5, 0.6) is 0 Å². The van der Waals surface area contributed by atoms with Gasteiger partial charge in [-0.1, -0.05) is 0 Å². The van der Waals surface area contributed by atoms with Gasteiger partial charge in [0, 0.05) is 32.2 Å². The molecule has 0 spiro atoms. The van der Waals surface area contributed by atoms with Crippen molar-refractivity contribution in [1.29, 1.82) is 0 Å². The molecule has 9 nitrogen and oxygen atoms in total. The lowest BCUT2D eigenvalue weighted by Crippen LogP contribution is -2.49. The fourth-order valence-corrected chi connectivity index (χ4v) is 4.60. The highest BCUT2D eigenvalue weighted by atomic mass is 32.2. The zero-order valence-electron chi connectivity index (χ0n) is 15.7. The summed E-state index contributed by atoms with van der Waals surface area (Å²) in [5.41, 5.74) is -1.62. The molecule has 1 aromatic carbocycles. The van der Waals surface area contributed by atoms with E-state index < -0.39 is 32.5 Å². The van der Waals surface area contributed by atoms with Crippen LogP contribution in [-0.4, -0.2) is 63.6 Å². The molecule has 0 atom stereocenters. The molecule has 3 heterocycles. The summed E-state index contributed by atoms with van der Waals surface area (Å²) in [6.45, 7) is 0.536. The summed E-state index contributed by atoms with van der Waals surface area (Å²) >= 11 is 0. The molecule has 0 N–H and O–H groups in total. The molecule has 2 aromatic heterocycles. The smallest absolute Gasteiger partial charge is 0.354 e. The lowest BCUT2D eigenvalue weighted by atomic mass is 10.2. The average molecular weight is 457 g/mol. The van der Waals surface area contributed by atoms with Crippen LogP contribution in [-0.2, 0) is 16.2 Å². The highest BCUT2D eigenvalue weighted by Gasteiger charge is 2.37. The molecule has 1 fully saturated rings. The van der Waals surface area contributed by atoms with Gasteiger partial charge in [-0.05, 0) is 18.2 Å². The predicted octanol–water partition coefficient (Wildman–Crippen LogP) is 1.73. The molecule has 31 heavy (non-hydrogen) atoms. The van der Waals surface area contributed by atoms with Crippen LogP contribution in [0.4, 0.5) is 23.4 Å². The minimum absolute atomic E-state index is 0.0176. The maximum atomic E-state index is 13.5. The van der Waals surface area contributed by atoms with E-state index >= 15 is 0 Å². The molecule has 164 valence electrons. The highest BCUT2D eigenvalue weighted by molar-refractivity contribution is 7.89. The Kier molecular flexibility index (Phi) is 5.35. The van der Waals surface area contributed by atoms with Crippen LogP contribution in [0.1, 0.15) is 5.56 Å². The Bertz CT molecular complexity index is 1180. The van der Waals surface area contributed by atoms with Gasteiger partial charge in [0.25, 0.3) is 0 Å². The molecular weight excluding hydrogens is 442 g/mol. The fourth-order valence-electron chi connectivity index (χ4n) is 3.15. The first-order valence-corrected chi connectivity index (χ1v) is 10.4. The van der Waals surface area contributed by atoms with Crippen molar-refractivity contribution in [2.75, 3.05) is 31.1 Å². The SMILES string of the molecule is O=S(=O)(c1ccc(F)c(C(F)(F)F)c1)N1CCN(c2cc(-n3cncn3)ncn2)CC1. The van der Waals surface area contributed by atoms with Crippen LogP contribution < -0.4 is 4.90 Å². The number of hydrogen-bond donors (Lipinski definition) is 0. The standard InChI is InChI=1S/C17H15F4N7O2S/c18-14-2-1-12(7-13(14)17(19,20)21)31(29,30)27-5-3-26(4-6-27)15-8-16(24-10-23-15)28-11-22-9-25-28/h1-2,7-11H,3-6H2. The Labute approximate surface area is 174 Å². The van der Waals surface area contributed by atoms with Crippen molar-refractivity contribution in [2.24, 2.45) is 0 Å². The van der Waals surface area contributed by atoms with Crippen molar-refractivity contribution in [3.8, 4) is 5.82 Å². The first kappa shape index (κ1) is 21.1. The highest BCUT2D eigenvalue weighted by Crippen LogP contribution is 2.33. The van der Waals surface area contributed by atoms with Crippen LogP contribution in [0.25, 0.3) is 5.82 Å². The van der Waals surface area contributed by atoms with E-state index in [4.69, 9.17) is 0 Å². The summed E-state index contributed by atoms with van der Waals surface area (Å²) in [4.78, 5) is 13.3. The average Bonchev–Trinajstić information content (AvgIpc) is 3.28. The number of aromatic nitrogens is 5. The van der Waals surface area contributed by atoms with E-state index in [1.807, 2.05) is 4.90 Å². The van der Waals surface area contributed by atoms with E-state index in [9.17, 15) is 26.0 Å². The Morgan fingerprint density at radius 1 is 0.935 bits per heavy atom. The Hall–Kier alpha value is -3.13. The summed E-state index contributed by atoms with van der Waals surface area (Å²) in [5, 5.41) is 3.98. The second-order valence-electron chi connectivity index (χ2n) is 6.61. The summed E-state index contributed by atoms with van der Waals surface area (Å²) in [6, 6.07) is 3.33. The monoisotopic (exact) mass is 457 g/mol. The van der Waals surface area contributed by atoms with Gasteiger partial charge in [0.2, 0.25) is 10.0 Å². The van der Waals surface area contributed by atoms with E-state index in [1.165, 1.54) is 23.7 Å². The topological polar surface area (TPSA) is 97.1 Å². The first-order valence-electron chi connectivity index (χ1n) is 8.95. The number of benzene rings is 1. The Morgan fingerprint density at radius 2 is 1.65 bits per heavy atom. The molecule has 0 amide bonds. The van der Waals surface area contributed by atoms with Crippen LogP contribution in [0.2, 0.25) is 0 Å². The van der Waals surface area contributed by atoms with Crippen molar-refractivity contribution in [2.45, 2.75) is 11.1 Å². The molecule has 1 aliphatic rings. The minimum atomic E-state index is -5.00. The van der Waals surface area contributed by atoms with Crippen molar-refractivity contribution in [3.05, 3.63) is 54.6 Å². The van der Waals surface area contributed by atoms with Gasteiger partial charge in [0.15, 0.2) is 5.82 Å². The lowest BCUT2D eigenvalue weighted by molar-refractivity contribution is -0.140. The number of piperazine rings is 1. The molecule has 0 radical (unpaired) electrons. The number of rotatable bonds is 4.